The number of fused-ring (bicyclic) bond motifs is 1. The van der Waals surface area contributed by atoms with E-state index in [-0.39, 0.29) is 0 Å². The summed E-state index contributed by atoms with van der Waals surface area (Å²) in [7, 11) is 4.58. The lowest BCUT2D eigenvalue weighted by atomic mass is 9.97. The zero-order chi connectivity index (χ0) is 12.6. The van der Waals surface area contributed by atoms with Gasteiger partial charge in [0.1, 0.15) is 5.69 Å². The van der Waals surface area contributed by atoms with Crippen molar-refractivity contribution >= 4 is 5.69 Å². The molecular formula is C16H19N2+. The highest BCUT2D eigenvalue weighted by Gasteiger charge is 2.27. The Balaban J connectivity index is 2.10. The number of hydrogen-bond donors (Lipinski definition) is 0. The minimum atomic E-state index is 0.982. The molecule has 0 saturated carbocycles. The predicted molar refractivity (Wildman–Crippen MR) is 76.5 cm³/mol. The Morgan fingerprint density at radius 1 is 1.11 bits per heavy atom. The minimum absolute atomic E-state index is 0.982. The van der Waals surface area contributed by atoms with Crippen LogP contribution in [0.15, 0.2) is 42.6 Å². The van der Waals surface area contributed by atoms with Crippen molar-refractivity contribution in [3.05, 3.63) is 48.2 Å². The van der Waals surface area contributed by atoms with Crippen molar-refractivity contribution in [2.45, 2.75) is 12.8 Å². The van der Waals surface area contributed by atoms with E-state index in [1.165, 1.54) is 36.2 Å². The number of aryl methyl sites for hydroxylation is 1. The van der Waals surface area contributed by atoms with Gasteiger partial charge in [-0.3, -0.25) is 9.47 Å². The predicted octanol–water partition coefficient (Wildman–Crippen LogP) is 3.26. The topological polar surface area (TPSA) is 12.9 Å². The standard InChI is InChI=1S/C16H19N2/c1-18(2)11-5-6-13-8-9-14(12-16(13)18)15-7-3-4-10-17-15/h3-4,7-10,12H,5-6,11H2,1-2H3/q+1. The summed E-state index contributed by atoms with van der Waals surface area (Å²) in [4.78, 5) is 4.44. The number of hydrogen-bond acceptors (Lipinski definition) is 1. The number of quaternary nitrogens is 1. The van der Waals surface area contributed by atoms with Crippen LogP contribution < -0.4 is 4.48 Å². The maximum atomic E-state index is 4.44. The Morgan fingerprint density at radius 2 is 2.00 bits per heavy atom. The van der Waals surface area contributed by atoms with Crippen LogP contribution in [0, 0.1) is 0 Å². The molecule has 2 aromatic rings. The number of benzene rings is 1. The zero-order valence-electron chi connectivity index (χ0n) is 11.1. The fourth-order valence-electron chi connectivity index (χ4n) is 2.82. The molecule has 0 atom stereocenters. The van der Waals surface area contributed by atoms with Crippen molar-refractivity contribution in [1.82, 2.24) is 9.47 Å². The molecule has 0 unspecified atom stereocenters. The molecule has 1 aromatic heterocycles. The summed E-state index contributed by atoms with van der Waals surface area (Å²) >= 11 is 0. The molecule has 2 heterocycles. The van der Waals surface area contributed by atoms with Crippen LogP contribution in [-0.2, 0) is 6.42 Å². The zero-order valence-corrected chi connectivity index (χ0v) is 11.1. The van der Waals surface area contributed by atoms with Crippen molar-refractivity contribution in [2.24, 2.45) is 0 Å². The molecule has 1 aromatic carbocycles. The first-order valence-corrected chi connectivity index (χ1v) is 6.55. The SMILES string of the molecule is C[N+]1(C)CCCc2ccc(-c3ccccn3)cc21. The van der Waals surface area contributed by atoms with Gasteiger partial charge in [0, 0.05) is 29.8 Å². The number of nitrogens with zero attached hydrogens (tertiary/aromatic N) is 2. The Labute approximate surface area is 108 Å². The summed E-state index contributed by atoms with van der Waals surface area (Å²) in [5.74, 6) is 0. The Morgan fingerprint density at radius 3 is 2.78 bits per heavy atom. The molecule has 1 aliphatic rings. The minimum Gasteiger partial charge on any atom is -0.296 e. The van der Waals surface area contributed by atoms with Crippen molar-refractivity contribution in [3.63, 3.8) is 0 Å². The summed E-state index contributed by atoms with van der Waals surface area (Å²) < 4.78 is 0.982. The third kappa shape index (κ3) is 1.93. The van der Waals surface area contributed by atoms with Gasteiger partial charge in [-0.1, -0.05) is 18.2 Å². The summed E-state index contributed by atoms with van der Waals surface area (Å²) in [5.41, 5.74) is 5.23. The summed E-state index contributed by atoms with van der Waals surface area (Å²) in [5, 5.41) is 0. The fraction of sp³-hybridized carbons (Fsp3) is 0.312. The second-order valence-corrected chi connectivity index (χ2v) is 5.57. The average Bonchev–Trinajstić information content (AvgIpc) is 2.39. The number of rotatable bonds is 1. The van der Waals surface area contributed by atoms with E-state index in [9.17, 15) is 0 Å². The first kappa shape index (κ1) is 11.4. The Kier molecular flexibility index (Phi) is 2.67. The maximum absolute atomic E-state index is 4.44. The second kappa shape index (κ2) is 4.21. The van der Waals surface area contributed by atoms with E-state index in [1.54, 1.807) is 0 Å². The van der Waals surface area contributed by atoms with Crippen molar-refractivity contribution in [3.8, 4) is 11.3 Å². The van der Waals surface area contributed by atoms with Gasteiger partial charge in [0.05, 0.1) is 26.3 Å². The molecule has 18 heavy (non-hydrogen) atoms. The highest BCUT2D eigenvalue weighted by atomic mass is 15.3. The molecule has 0 amide bonds. The lowest BCUT2D eigenvalue weighted by Crippen LogP contribution is -2.44. The molecule has 2 heteroatoms. The molecule has 3 rings (SSSR count). The van der Waals surface area contributed by atoms with E-state index in [4.69, 9.17) is 0 Å². The van der Waals surface area contributed by atoms with Gasteiger partial charge in [0.2, 0.25) is 0 Å². The molecule has 0 spiro atoms. The van der Waals surface area contributed by atoms with Crippen LogP contribution in [0.3, 0.4) is 0 Å². The van der Waals surface area contributed by atoms with Crippen LogP contribution in [0.2, 0.25) is 0 Å². The van der Waals surface area contributed by atoms with E-state index >= 15 is 0 Å². The quantitative estimate of drug-likeness (QED) is 0.696. The highest BCUT2D eigenvalue weighted by Crippen LogP contribution is 2.33. The maximum Gasteiger partial charge on any atom is 0.136 e. The Bertz CT molecular complexity index is 559. The second-order valence-electron chi connectivity index (χ2n) is 5.57. The molecular weight excluding hydrogens is 220 g/mol. The molecule has 0 N–H and O–H groups in total. The van der Waals surface area contributed by atoms with Gasteiger partial charge < -0.3 is 0 Å². The summed E-state index contributed by atoms with van der Waals surface area (Å²) in [6.45, 7) is 1.22. The van der Waals surface area contributed by atoms with Gasteiger partial charge in [-0.25, -0.2) is 0 Å². The van der Waals surface area contributed by atoms with E-state index in [0.29, 0.717) is 0 Å². The van der Waals surface area contributed by atoms with Crippen molar-refractivity contribution in [2.75, 3.05) is 20.6 Å². The van der Waals surface area contributed by atoms with Crippen molar-refractivity contribution in [1.29, 1.82) is 0 Å². The van der Waals surface area contributed by atoms with Gasteiger partial charge in [0.15, 0.2) is 0 Å². The molecule has 0 saturated heterocycles. The largest absolute Gasteiger partial charge is 0.296 e. The normalized spacial score (nSPS) is 17.2. The molecule has 0 radical (unpaired) electrons. The van der Waals surface area contributed by atoms with Gasteiger partial charge >= 0.3 is 0 Å². The molecule has 0 aliphatic carbocycles. The van der Waals surface area contributed by atoms with Crippen LogP contribution in [0.4, 0.5) is 5.69 Å². The fourth-order valence-corrected chi connectivity index (χ4v) is 2.82. The van der Waals surface area contributed by atoms with E-state index in [0.717, 1.165) is 10.2 Å². The van der Waals surface area contributed by atoms with Gasteiger partial charge in [-0.05, 0) is 18.6 Å². The Hall–Kier alpha value is -1.67. The smallest absolute Gasteiger partial charge is 0.136 e. The molecule has 0 bridgehead atoms. The van der Waals surface area contributed by atoms with Gasteiger partial charge in [-0.15, -0.1) is 0 Å². The molecule has 0 fully saturated rings. The van der Waals surface area contributed by atoms with Crippen LogP contribution in [-0.4, -0.2) is 25.6 Å². The summed E-state index contributed by atoms with van der Waals surface area (Å²) in [6, 6.07) is 12.9. The molecule has 92 valence electrons. The molecule has 1 aliphatic heterocycles. The van der Waals surface area contributed by atoms with Crippen LogP contribution in [0.1, 0.15) is 12.0 Å². The average molecular weight is 239 g/mol. The first-order chi connectivity index (χ1) is 8.67. The molecule has 2 nitrogen and oxygen atoms in total. The van der Waals surface area contributed by atoms with Gasteiger partial charge in [0.25, 0.3) is 0 Å². The van der Waals surface area contributed by atoms with E-state index < -0.39 is 0 Å². The number of aromatic nitrogens is 1. The monoisotopic (exact) mass is 239 g/mol. The van der Waals surface area contributed by atoms with E-state index in [1.807, 2.05) is 18.3 Å². The number of pyridine rings is 1. The third-order valence-corrected chi connectivity index (χ3v) is 3.86. The van der Waals surface area contributed by atoms with Crippen LogP contribution in [0.5, 0.6) is 0 Å². The van der Waals surface area contributed by atoms with Crippen molar-refractivity contribution < 1.29 is 0 Å². The lowest BCUT2D eigenvalue weighted by Gasteiger charge is -2.35. The van der Waals surface area contributed by atoms with Gasteiger partial charge in [-0.2, -0.15) is 0 Å². The highest BCUT2D eigenvalue weighted by molar-refractivity contribution is 5.67. The first-order valence-electron chi connectivity index (χ1n) is 6.55. The van der Waals surface area contributed by atoms with Crippen LogP contribution >= 0.6 is 0 Å². The summed E-state index contributed by atoms with van der Waals surface area (Å²) in [6.07, 6.45) is 4.34. The lowest BCUT2D eigenvalue weighted by molar-refractivity contribution is 0.370. The van der Waals surface area contributed by atoms with E-state index in [2.05, 4.69) is 43.3 Å². The van der Waals surface area contributed by atoms with Crippen LogP contribution in [0.25, 0.3) is 11.3 Å². The third-order valence-electron chi connectivity index (χ3n) is 3.86.